The van der Waals surface area contributed by atoms with Crippen molar-refractivity contribution < 1.29 is 23.9 Å². The van der Waals surface area contributed by atoms with Crippen LogP contribution in [-0.4, -0.2) is 45.4 Å². The molecule has 0 unspecified atom stereocenters. The van der Waals surface area contributed by atoms with Crippen LogP contribution in [0.5, 0.6) is 11.5 Å². The number of benzene rings is 2. The summed E-state index contributed by atoms with van der Waals surface area (Å²) in [6.45, 7) is 3.55. The number of fused-ring (bicyclic) bond motifs is 2. The maximum absolute atomic E-state index is 14.0. The van der Waals surface area contributed by atoms with Crippen LogP contribution in [0.25, 0.3) is 0 Å². The largest absolute Gasteiger partial charge is 0.454 e. The zero-order valence-electron chi connectivity index (χ0n) is 20.1. The fourth-order valence-electron chi connectivity index (χ4n) is 5.68. The van der Waals surface area contributed by atoms with Crippen LogP contribution < -0.4 is 9.47 Å². The predicted molar refractivity (Wildman–Crippen MR) is 130 cm³/mol. The second-order valence-electron chi connectivity index (χ2n) is 9.66. The Labute approximate surface area is 209 Å². The Kier molecular flexibility index (Phi) is 5.32. The van der Waals surface area contributed by atoms with Crippen molar-refractivity contribution in [3.8, 4) is 11.5 Å². The van der Waals surface area contributed by atoms with Crippen LogP contribution in [0.15, 0.2) is 66.9 Å². The van der Waals surface area contributed by atoms with Gasteiger partial charge in [0.25, 0.3) is 0 Å². The lowest BCUT2D eigenvalue weighted by Crippen LogP contribution is -2.46. The third-order valence-electron chi connectivity index (χ3n) is 7.63. The number of nitrogens with zero attached hydrogens (tertiary/aromatic N) is 3. The molecule has 6 rings (SSSR count). The van der Waals surface area contributed by atoms with Crippen molar-refractivity contribution in [1.29, 1.82) is 0 Å². The molecular formula is C28H27N3O5. The zero-order valence-corrected chi connectivity index (χ0v) is 20.1. The molecular weight excluding hydrogens is 458 g/mol. The number of aromatic nitrogens is 1. The summed E-state index contributed by atoms with van der Waals surface area (Å²) >= 11 is 0. The predicted octanol–water partition coefficient (Wildman–Crippen LogP) is 3.41. The first kappa shape index (κ1) is 22.4. The summed E-state index contributed by atoms with van der Waals surface area (Å²) in [6, 6.07) is 18.5. The van der Waals surface area contributed by atoms with Gasteiger partial charge in [-0.25, -0.2) is 0 Å². The number of likely N-dealkylation sites (tertiary alicyclic amines) is 1. The third-order valence-corrected chi connectivity index (χ3v) is 7.63. The molecule has 8 heteroatoms. The van der Waals surface area contributed by atoms with Gasteiger partial charge in [0, 0.05) is 37.8 Å². The van der Waals surface area contributed by atoms with Gasteiger partial charge in [-0.3, -0.25) is 19.3 Å². The smallest absolute Gasteiger partial charge is 0.241 e. The number of amides is 3. The summed E-state index contributed by atoms with van der Waals surface area (Å²) in [5.74, 6) is 0.501. The molecule has 0 saturated carbocycles. The van der Waals surface area contributed by atoms with Gasteiger partial charge in [-0.05, 0) is 42.3 Å². The Morgan fingerprint density at radius 3 is 2.64 bits per heavy atom. The Hall–Kier alpha value is -4.07. The Morgan fingerprint density at radius 1 is 1.00 bits per heavy atom. The van der Waals surface area contributed by atoms with Gasteiger partial charge >= 0.3 is 0 Å². The highest BCUT2D eigenvalue weighted by Gasteiger charge is 2.54. The molecule has 0 radical (unpaired) electrons. The average molecular weight is 486 g/mol. The summed E-state index contributed by atoms with van der Waals surface area (Å²) < 4.78 is 13.0. The van der Waals surface area contributed by atoms with Gasteiger partial charge in [-0.15, -0.1) is 0 Å². The Balaban J connectivity index is 1.30. The minimum Gasteiger partial charge on any atom is -0.454 e. The maximum atomic E-state index is 14.0. The van der Waals surface area contributed by atoms with Gasteiger partial charge in [0.05, 0.1) is 18.0 Å². The van der Waals surface area contributed by atoms with Crippen molar-refractivity contribution in [2.75, 3.05) is 13.3 Å². The minimum atomic E-state index is -1.23. The highest BCUT2D eigenvalue weighted by molar-refractivity contribution is 6.10. The molecule has 1 fully saturated rings. The lowest BCUT2D eigenvalue weighted by Gasteiger charge is -2.37. The molecule has 0 bridgehead atoms. The Morgan fingerprint density at radius 2 is 1.81 bits per heavy atom. The van der Waals surface area contributed by atoms with Crippen molar-refractivity contribution >= 4 is 17.7 Å². The summed E-state index contributed by atoms with van der Waals surface area (Å²) in [7, 11) is 0. The first-order valence-corrected chi connectivity index (χ1v) is 12.2. The van der Waals surface area contributed by atoms with Crippen molar-refractivity contribution in [1.82, 2.24) is 14.4 Å². The van der Waals surface area contributed by atoms with Gasteiger partial charge in [0.1, 0.15) is 0 Å². The molecule has 4 heterocycles. The number of hydrogen-bond acceptors (Lipinski definition) is 5. The van der Waals surface area contributed by atoms with Crippen molar-refractivity contribution in [2.45, 2.75) is 44.3 Å². The van der Waals surface area contributed by atoms with Crippen LogP contribution in [0.3, 0.4) is 0 Å². The quantitative estimate of drug-likeness (QED) is 0.518. The number of hydrogen-bond donors (Lipinski definition) is 0. The first-order chi connectivity index (χ1) is 17.5. The van der Waals surface area contributed by atoms with Gasteiger partial charge < -0.3 is 18.9 Å². The highest BCUT2D eigenvalue weighted by atomic mass is 16.7. The summed E-state index contributed by atoms with van der Waals surface area (Å²) in [5, 5.41) is 0. The van der Waals surface area contributed by atoms with Crippen molar-refractivity contribution in [2.24, 2.45) is 0 Å². The standard InChI is InChI=1S/C28H27N3O5/c1-19-22-8-5-11-29(22)12-13-30(19)25(32)15-28(21-6-3-2-4-7-21)16-26(33)31(27(28)34)17-20-9-10-23-24(14-20)36-18-35-23/h2-11,14,19H,12-13,15-18H2,1H3/t19-,28-/m1/s1. The molecule has 1 aromatic heterocycles. The number of carbonyl (C=O) groups is 3. The number of rotatable bonds is 5. The highest BCUT2D eigenvalue weighted by Crippen LogP contribution is 2.42. The van der Waals surface area contributed by atoms with Crippen LogP contribution in [0, 0.1) is 0 Å². The van der Waals surface area contributed by atoms with E-state index < -0.39 is 5.41 Å². The monoisotopic (exact) mass is 485 g/mol. The zero-order chi connectivity index (χ0) is 24.9. The second kappa shape index (κ2) is 8.55. The van der Waals surface area contributed by atoms with Gasteiger partial charge in [0.2, 0.25) is 24.5 Å². The molecule has 0 aliphatic carbocycles. The Bertz CT molecular complexity index is 1350. The molecule has 2 aromatic carbocycles. The van der Waals surface area contributed by atoms with E-state index in [2.05, 4.69) is 4.57 Å². The van der Waals surface area contributed by atoms with Gasteiger partial charge in [-0.2, -0.15) is 0 Å². The minimum absolute atomic E-state index is 0.0370. The van der Waals surface area contributed by atoms with E-state index in [9.17, 15) is 14.4 Å². The van der Waals surface area contributed by atoms with Gasteiger partial charge in [-0.1, -0.05) is 36.4 Å². The molecule has 0 spiro atoms. The molecule has 1 saturated heterocycles. The van der Waals surface area contributed by atoms with Crippen molar-refractivity contribution in [3.63, 3.8) is 0 Å². The summed E-state index contributed by atoms with van der Waals surface area (Å²) in [5.41, 5.74) is 1.30. The first-order valence-electron chi connectivity index (χ1n) is 12.2. The lowest BCUT2D eigenvalue weighted by molar-refractivity contribution is -0.144. The van der Waals surface area contributed by atoms with E-state index in [4.69, 9.17) is 9.47 Å². The van der Waals surface area contributed by atoms with E-state index in [0.29, 0.717) is 30.2 Å². The lowest BCUT2D eigenvalue weighted by atomic mass is 9.75. The normalized spacial score (nSPS) is 22.8. The van der Waals surface area contributed by atoms with Crippen LogP contribution in [0.4, 0.5) is 0 Å². The summed E-state index contributed by atoms with van der Waals surface area (Å²) in [4.78, 5) is 44.1. The SMILES string of the molecule is C[C@@H]1c2cccn2CCN1C(=O)C[C@]1(c2ccccc2)CC(=O)N(Cc2ccc3c(c2)OCO3)C1=O. The van der Waals surface area contributed by atoms with E-state index in [1.807, 2.05) is 66.6 Å². The molecule has 3 amide bonds. The average Bonchev–Trinajstić information content (AvgIpc) is 3.61. The fourth-order valence-corrected chi connectivity index (χ4v) is 5.68. The van der Waals surface area contributed by atoms with E-state index in [0.717, 1.165) is 11.3 Å². The summed E-state index contributed by atoms with van der Waals surface area (Å²) in [6.07, 6.45) is 1.93. The molecule has 3 aliphatic rings. The molecule has 184 valence electrons. The van der Waals surface area contributed by atoms with Crippen molar-refractivity contribution in [3.05, 3.63) is 83.7 Å². The molecule has 3 aliphatic heterocycles. The topological polar surface area (TPSA) is 81.1 Å². The third kappa shape index (κ3) is 3.56. The number of ether oxygens (including phenoxy) is 2. The van der Waals surface area contributed by atoms with E-state index in [1.54, 1.807) is 12.1 Å². The fraction of sp³-hybridized carbons (Fsp3) is 0.321. The molecule has 0 N–H and O–H groups in total. The van der Waals surface area contributed by atoms with Crippen LogP contribution in [0.2, 0.25) is 0 Å². The molecule has 36 heavy (non-hydrogen) atoms. The van der Waals surface area contributed by atoms with Gasteiger partial charge in [0.15, 0.2) is 11.5 Å². The van der Waals surface area contributed by atoms with Crippen LogP contribution in [0.1, 0.15) is 42.6 Å². The molecule has 3 aromatic rings. The maximum Gasteiger partial charge on any atom is 0.241 e. The second-order valence-corrected chi connectivity index (χ2v) is 9.66. The number of imide groups is 1. The van der Waals surface area contributed by atoms with E-state index in [1.165, 1.54) is 4.90 Å². The van der Waals surface area contributed by atoms with E-state index in [-0.39, 0.29) is 49.9 Å². The molecule has 8 nitrogen and oxygen atoms in total. The van der Waals surface area contributed by atoms with Crippen LogP contribution >= 0.6 is 0 Å². The van der Waals surface area contributed by atoms with E-state index >= 15 is 0 Å². The number of carbonyl (C=O) groups excluding carboxylic acids is 3. The van der Waals surface area contributed by atoms with Crippen LogP contribution in [-0.2, 0) is 32.9 Å². The molecule has 2 atom stereocenters.